The Hall–Kier alpha value is -1.02. The molecule has 0 spiro atoms. The lowest BCUT2D eigenvalue weighted by Crippen LogP contribution is -2.41. The Morgan fingerprint density at radius 1 is 1.28 bits per heavy atom. The van der Waals surface area contributed by atoms with Crippen LogP contribution in [0.5, 0.6) is 0 Å². The van der Waals surface area contributed by atoms with Crippen molar-refractivity contribution in [3.63, 3.8) is 0 Å². The number of benzene rings is 1. The van der Waals surface area contributed by atoms with Gasteiger partial charge in [-0.3, -0.25) is 0 Å². The second kappa shape index (κ2) is 5.31. The molecule has 0 radical (unpaired) electrons. The smallest absolute Gasteiger partial charge is 0.0579 e. The topological polar surface area (TPSA) is 23.5 Å². The number of fused-ring (bicyclic) bond motifs is 1. The summed E-state index contributed by atoms with van der Waals surface area (Å²) in [6.07, 6.45) is 3.41. The normalized spacial score (nSPS) is 18.1. The largest absolute Gasteiger partial charge is 0.393 e. The molecule has 0 aromatic heterocycles. The third-order valence-corrected chi connectivity index (χ3v) is 4.19. The first kappa shape index (κ1) is 13.4. The van der Waals surface area contributed by atoms with Crippen molar-refractivity contribution < 1.29 is 5.11 Å². The van der Waals surface area contributed by atoms with Gasteiger partial charge in [-0.05, 0) is 37.8 Å². The molecule has 2 rings (SSSR count). The average molecular weight is 247 g/mol. The summed E-state index contributed by atoms with van der Waals surface area (Å²) < 4.78 is 0. The van der Waals surface area contributed by atoms with Gasteiger partial charge in [0.05, 0.1) is 6.10 Å². The fraction of sp³-hybridized carbons (Fsp3) is 0.625. The molecule has 1 N–H and O–H groups in total. The van der Waals surface area contributed by atoms with Crippen LogP contribution >= 0.6 is 0 Å². The third-order valence-electron chi connectivity index (χ3n) is 4.19. The van der Waals surface area contributed by atoms with Crippen LogP contribution in [0.25, 0.3) is 0 Å². The maximum Gasteiger partial charge on any atom is 0.0579 e. The van der Waals surface area contributed by atoms with E-state index >= 15 is 0 Å². The standard InChI is InChI=1S/C16H25NO/c1-13(18)16(2,3)12-17-11-7-6-9-14-8-4-5-10-15(14)17/h4-5,8,10,13,18H,6-7,9,11-12H2,1-3H3. The number of rotatable bonds is 3. The number of aliphatic hydroxyl groups excluding tert-OH is 1. The molecule has 2 nitrogen and oxygen atoms in total. The summed E-state index contributed by atoms with van der Waals surface area (Å²) >= 11 is 0. The second-order valence-electron chi connectivity index (χ2n) is 6.17. The van der Waals surface area contributed by atoms with E-state index in [1.165, 1.54) is 30.5 Å². The van der Waals surface area contributed by atoms with E-state index in [2.05, 4.69) is 43.0 Å². The van der Waals surface area contributed by atoms with Crippen molar-refractivity contribution in [2.75, 3.05) is 18.0 Å². The van der Waals surface area contributed by atoms with Crippen LogP contribution in [0.4, 0.5) is 5.69 Å². The summed E-state index contributed by atoms with van der Waals surface area (Å²) in [7, 11) is 0. The van der Waals surface area contributed by atoms with Crippen molar-refractivity contribution in [3.05, 3.63) is 29.8 Å². The minimum absolute atomic E-state index is 0.0720. The number of anilines is 1. The van der Waals surface area contributed by atoms with E-state index in [0.29, 0.717) is 0 Å². The maximum absolute atomic E-state index is 9.90. The number of hydrogen-bond acceptors (Lipinski definition) is 2. The van der Waals surface area contributed by atoms with Crippen LogP contribution in [0.15, 0.2) is 24.3 Å². The summed E-state index contributed by atoms with van der Waals surface area (Å²) in [4.78, 5) is 2.45. The number of nitrogens with zero attached hydrogens (tertiary/aromatic N) is 1. The van der Waals surface area contributed by atoms with Gasteiger partial charge in [-0.15, -0.1) is 0 Å². The van der Waals surface area contributed by atoms with Gasteiger partial charge in [-0.25, -0.2) is 0 Å². The molecular formula is C16H25NO. The van der Waals surface area contributed by atoms with E-state index in [1.54, 1.807) is 0 Å². The lowest BCUT2D eigenvalue weighted by Gasteiger charge is -2.36. The van der Waals surface area contributed by atoms with Crippen molar-refractivity contribution in [1.82, 2.24) is 0 Å². The van der Waals surface area contributed by atoms with Crippen LogP contribution < -0.4 is 4.90 Å². The number of para-hydroxylation sites is 1. The SMILES string of the molecule is CC(O)C(C)(C)CN1CCCCc2ccccc21. The van der Waals surface area contributed by atoms with Crippen LogP contribution in [-0.4, -0.2) is 24.3 Å². The minimum Gasteiger partial charge on any atom is -0.393 e. The molecule has 18 heavy (non-hydrogen) atoms. The first-order valence-electron chi connectivity index (χ1n) is 7.01. The van der Waals surface area contributed by atoms with Crippen LogP contribution in [0, 0.1) is 5.41 Å². The molecule has 1 heterocycles. The van der Waals surface area contributed by atoms with Crippen molar-refractivity contribution in [2.24, 2.45) is 5.41 Å². The molecule has 0 saturated heterocycles. The van der Waals surface area contributed by atoms with Crippen molar-refractivity contribution in [3.8, 4) is 0 Å². The minimum atomic E-state index is -0.284. The molecule has 1 aliphatic rings. The molecule has 1 unspecified atom stereocenters. The molecule has 0 aliphatic carbocycles. The molecule has 2 heteroatoms. The zero-order valence-corrected chi connectivity index (χ0v) is 11.8. The summed E-state index contributed by atoms with van der Waals surface area (Å²) in [5.74, 6) is 0. The summed E-state index contributed by atoms with van der Waals surface area (Å²) in [6, 6.07) is 8.70. The van der Waals surface area contributed by atoms with E-state index in [9.17, 15) is 5.11 Å². The highest BCUT2D eigenvalue weighted by Gasteiger charge is 2.28. The Bertz CT molecular complexity index is 398. The molecular weight excluding hydrogens is 222 g/mol. The van der Waals surface area contributed by atoms with Gasteiger partial charge in [-0.1, -0.05) is 32.0 Å². The Kier molecular flexibility index (Phi) is 3.96. The number of aliphatic hydroxyl groups is 1. The van der Waals surface area contributed by atoms with Gasteiger partial charge in [0.25, 0.3) is 0 Å². The van der Waals surface area contributed by atoms with Crippen molar-refractivity contribution in [1.29, 1.82) is 0 Å². The van der Waals surface area contributed by atoms with E-state index in [4.69, 9.17) is 0 Å². The first-order chi connectivity index (χ1) is 8.50. The highest BCUT2D eigenvalue weighted by Crippen LogP contribution is 2.30. The predicted octanol–water partition coefficient (Wildman–Crippen LogP) is 3.24. The van der Waals surface area contributed by atoms with Gasteiger partial charge in [0.1, 0.15) is 0 Å². The first-order valence-corrected chi connectivity index (χ1v) is 7.01. The second-order valence-corrected chi connectivity index (χ2v) is 6.17. The predicted molar refractivity (Wildman–Crippen MR) is 77.1 cm³/mol. The Labute approximate surface area is 111 Å². The summed E-state index contributed by atoms with van der Waals surface area (Å²) in [5, 5.41) is 9.90. The quantitative estimate of drug-likeness (QED) is 0.886. The van der Waals surface area contributed by atoms with E-state index in [1.807, 2.05) is 6.92 Å². The fourth-order valence-electron chi connectivity index (χ4n) is 2.56. The van der Waals surface area contributed by atoms with Crippen LogP contribution in [0.2, 0.25) is 0 Å². The number of aryl methyl sites for hydroxylation is 1. The van der Waals surface area contributed by atoms with E-state index < -0.39 is 0 Å². The van der Waals surface area contributed by atoms with Crippen LogP contribution in [0.3, 0.4) is 0 Å². The van der Waals surface area contributed by atoms with E-state index in [0.717, 1.165) is 13.1 Å². The molecule has 0 fully saturated rings. The lowest BCUT2D eigenvalue weighted by molar-refractivity contribution is 0.0710. The average Bonchev–Trinajstić information content (AvgIpc) is 2.52. The summed E-state index contributed by atoms with van der Waals surface area (Å²) in [6.45, 7) is 8.20. The molecule has 0 saturated carbocycles. The van der Waals surface area contributed by atoms with E-state index in [-0.39, 0.29) is 11.5 Å². The number of hydrogen-bond donors (Lipinski definition) is 1. The van der Waals surface area contributed by atoms with Crippen molar-refractivity contribution >= 4 is 5.69 Å². The van der Waals surface area contributed by atoms with Gasteiger partial charge in [0.15, 0.2) is 0 Å². The molecule has 0 amide bonds. The van der Waals surface area contributed by atoms with Gasteiger partial charge >= 0.3 is 0 Å². The maximum atomic E-state index is 9.90. The van der Waals surface area contributed by atoms with Crippen molar-refractivity contribution in [2.45, 2.75) is 46.1 Å². The fourth-order valence-corrected chi connectivity index (χ4v) is 2.56. The Balaban J connectivity index is 2.23. The zero-order chi connectivity index (χ0) is 13.2. The van der Waals surface area contributed by atoms with Gasteiger partial charge in [0, 0.05) is 24.2 Å². The molecule has 1 aromatic rings. The molecule has 0 bridgehead atoms. The molecule has 1 atom stereocenters. The Morgan fingerprint density at radius 3 is 2.72 bits per heavy atom. The monoisotopic (exact) mass is 247 g/mol. The zero-order valence-electron chi connectivity index (χ0n) is 11.8. The molecule has 1 aromatic carbocycles. The third kappa shape index (κ3) is 2.86. The highest BCUT2D eigenvalue weighted by molar-refractivity contribution is 5.54. The van der Waals surface area contributed by atoms with Crippen LogP contribution in [0.1, 0.15) is 39.2 Å². The molecule has 100 valence electrons. The molecule has 1 aliphatic heterocycles. The highest BCUT2D eigenvalue weighted by atomic mass is 16.3. The van der Waals surface area contributed by atoms with Gasteiger partial charge in [0.2, 0.25) is 0 Å². The summed E-state index contributed by atoms with van der Waals surface area (Å²) in [5.41, 5.74) is 2.75. The van der Waals surface area contributed by atoms with Gasteiger partial charge in [-0.2, -0.15) is 0 Å². The Morgan fingerprint density at radius 2 is 2.00 bits per heavy atom. The van der Waals surface area contributed by atoms with Gasteiger partial charge < -0.3 is 10.0 Å². The van der Waals surface area contributed by atoms with Crippen LogP contribution in [-0.2, 0) is 6.42 Å². The lowest BCUT2D eigenvalue weighted by atomic mass is 9.86.